The summed E-state index contributed by atoms with van der Waals surface area (Å²) in [6, 6.07) is 0. The van der Waals surface area contributed by atoms with E-state index in [0.29, 0.717) is 0 Å². The van der Waals surface area contributed by atoms with Crippen LogP contribution >= 0.6 is 0 Å². The van der Waals surface area contributed by atoms with Crippen molar-refractivity contribution in [3.63, 3.8) is 0 Å². The van der Waals surface area contributed by atoms with Crippen LogP contribution in [0.2, 0.25) is 0 Å². The van der Waals surface area contributed by atoms with Crippen molar-refractivity contribution in [1.29, 1.82) is 0 Å². The quantitative estimate of drug-likeness (QED) is 0.257. The van der Waals surface area contributed by atoms with Crippen LogP contribution in [0.3, 0.4) is 0 Å². The summed E-state index contributed by atoms with van der Waals surface area (Å²) >= 11 is 0. The van der Waals surface area contributed by atoms with Crippen molar-refractivity contribution in [3.8, 4) is 0 Å². The molecule has 0 saturated heterocycles. The van der Waals surface area contributed by atoms with E-state index in [2.05, 4.69) is 0 Å². The van der Waals surface area contributed by atoms with E-state index in [1.165, 1.54) is 0 Å². The predicted molar refractivity (Wildman–Crippen MR) is 34.9 cm³/mol. The van der Waals surface area contributed by atoms with Gasteiger partial charge in [0.2, 0.25) is 0 Å². The molecular formula is H5BaN3O9. The normalized spacial score (nSPS) is 5.54. The number of rotatable bonds is 0. The van der Waals surface area contributed by atoms with Gasteiger partial charge in [-0.05, 0) is 0 Å². The number of hydrogen-bond acceptors (Lipinski definition) is 6. The monoisotopic (exact) mass is 329 g/mol. The van der Waals surface area contributed by atoms with Crippen LogP contribution in [0.4, 0.5) is 0 Å². The summed E-state index contributed by atoms with van der Waals surface area (Å²) in [7, 11) is 0. The molecule has 13 heteroatoms. The molecule has 0 unspecified atom stereocenters. The van der Waals surface area contributed by atoms with E-state index in [1.54, 1.807) is 0 Å². The van der Waals surface area contributed by atoms with Gasteiger partial charge in [-0.25, -0.2) is 0 Å². The minimum atomic E-state index is -1.50. The Bertz CT molecular complexity index is 112. The van der Waals surface area contributed by atoms with Gasteiger partial charge >= 0.3 is 48.9 Å². The summed E-state index contributed by atoms with van der Waals surface area (Å²) in [5, 5.41) is 40.9. The second-order valence-electron chi connectivity index (χ2n) is 0.714. The van der Waals surface area contributed by atoms with Gasteiger partial charge in [-0.3, -0.25) is 0 Å². The Hall–Kier alpha value is -0.829. The average Bonchev–Trinajstić information content (AvgIpc) is 1.54. The summed E-state index contributed by atoms with van der Waals surface area (Å²) in [5.41, 5.74) is 0. The predicted octanol–water partition coefficient (Wildman–Crippen LogP) is -1.96. The first-order valence-corrected chi connectivity index (χ1v) is 1.70. The first-order chi connectivity index (χ1) is 5.20. The van der Waals surface area contributed by atoms with Gasteiger partial charge in [-0.15, -0.1) is 30.3 Å². The van der Waals surface area contributed by atoms with Crippen LogP contribution in [0.15, 0.2) is 0 Å². The third-order valence-electron chi connectivity index (χ3n) is 0. The van der Waals surface area contributed by atoms with Gasteiger partial charge < -0.3 is 15.6 Å². The maximum absolute atomic E-state index is 8.36. The van der Waals surface area contributed by atoms with E-state index in [9.17, 15) is 0 Å². The summed E-state index contributed by atoms with van der Waals surface area (Å²) in [5.74, 6) is 0. The fraction of sp³-hybridized carbons (Fsp3) is 0. The van der Waals surface area contributed by atoms with E-state index in [0.717, 1.165) is 0 Å². The molecule has 0 aliphatic rings. The van der Waals surface area contributed by atoms with Crippen LogP contribution in [0.5, 0.6) is 0 Å². The van der Waals surface area contributed by atoms with Crippen molar-refractivity contribution in [3.05, 3.63) is 30.3 Å². The van der Waals surface area contributed by atoms with Gasteiger partial charge in [0.05, 0.1) is 0 Å². The molecule has 3 N–H and O–H groups in total. The first kappa shape index (κ1) is 22.7. The van der Waals surface area contributed by atoms with Crippen molar-refractivity contribution in [2.24, 2.45) is 0 Å². The van der Waals surface area contributed by atoms with Gasteiger partial charge in [-0.2, -0.15) is 0 Å². The van der Waals surface area contributed by atoms with Crippen LogP contribution in [-0.2, 0) is 0 Å². The zero-order valence-corrected chi connectivity index (χ0v) is 5.13. The van der Waals surface area contributed by atoms with Crippen molar-refractivity contribution in [2.45, 2.75) is 0 Å². The molecule has 76 valence electrons. The van der Waals surface area contributed by atoms with Crippen LogP contribution in [0, 0.1) is 30.3 Å². The molecule has 0 aromatic heterocycles. The molecule has 0 radical (unpaired) electrons. The molecule has 0 bridgehead atoms. The molecule has 0 saturated carbocycles. The second kappa shape index (κ2) is 17.3. The third kappa shape index (κ3) is 1370. The van der Waals surface area contributed by atoms with E-state index < -0.39 is 15.3 Å². The second-order valence-corrected chi connectivity index (χ2v) is 0.714. The number of nitrogens with zero attached hydrogens (tertiary/aromatic N) is 3. The standard InChI is InChI=1S/Ba.3HNO3.2H/c;3*2-1(3)4;;/h;3*(H,2,3,4);;. The zero-order chi connectivity index (χ0) is 10.7. The van der Waals surface area contributed by atoms with E-state index >= 15 is 0 Å². The fourth-order valence-electron chi connectivity index (χ4n) is 0. The molecule has 0 aromatic carbocycles. The molecule has 0 fully saturated rings. The Morgan fingerprint density at radius 3 is 0.692 bits per heavy atom. The topological polar surface area (TPSA) is 190 Å². The molecule has 13 heavy (non-hydrogen) atoms. The molecule has 12 nitrogen and oxygen atoms in total. The van der Waals surface area contributed by atoms with Gasteiger partial charge in [0, 0.05) is 0 Å². The number of hydrogen-bond donors (Lipinski definition) is 3. The van der Waals surface area contributed by atoms with E-state index in [4.69, 9.17) is 46.0 Å². The minimum absolute atomic E-state index is 0. The first-order valence-electron chi connectivity index (χ1n) is 1.70. The van der Waals surface area contributed by atoms with Crippen molar-refractivity contribution >= 4 is 48.9 Å². The molecule has 0 atom stereocenters. The molecule has 0 aromatic rings. The van der Waals surface area contributed by atoms with Gasteiger partial charge in [0.25, 0.3) is 15.3 Å². The van der Waals surface area contributed by atoms with Gasteiger partial charge in [0.15, 0.2) is 0 Å². The summed E-state index contributed by atoms with van der Waals surface area (Å²) in [6.07, 6.45) is 0. The summed E-state index contributed by atoms with van der Waals surface area (Å²) < 4.78 is 0. The molecule has 0 aliphatic carbocycles. The Morgan fingerprint density at radius 2 is 0.692 bits per heavy atom. The fourth-order valence-corrected chi connectivity index (χ4v) is 0. The van der Waals surface area contributed by atoms with E-state index in [1.807, 2.05) is 0 Å². The third-order valence-corrected chi connectivity index (χ3v) is 0. The summed E-state index contributed by atoms with van der Waals surface area (Å²) in [4.78, 5) is 25.1. The van der Waals surface area contributed by atoms with Crippen molar-refractivity contribution in [1.82, 2.24) is 0 Å². The molecule has 0 amide bonds. The van der Waals surface area contributed by atoms with Crippen molar-refractivity contribution < 1.29 is 30.9 Å². The van der Waals surface area contributed by atoms with Crippen LogP contribution in [-0.4, -0.2) is 79.8 Å². The van der Waals surface area contributed by atoms with Gasteiger partial charge in [-0.1, -0.05) is 0 Å². The molecule has 0 aliphatic heterocycles. The SMILES string of the molecule is O=[N+]([O-])O.O=[N+]([O-])O.O=[N+]([O-])O.[BaH2]. The van der Waals surface area contributed by atoms with E-state index in [-0.39, 0.29) is 48.9 Å². The molecule has 0 rings (SSSR count). The van der Waals surface area contributed by atoms with Gasteiger partial charge in [0.1, 0.15) is 0 Å². The zero-order valence-electron chi connectivity index (χ0n) is 5.13. The molecular weight excluding hydrogens is 323 g/mol. The average molecular weight is 328 g/mol. The Morgan fingerprint density at radius 1 is 0.692 bits per heavy atom. The van der Waals surface area contributed by atoms with Crippen molar-refractivity contribution in [2.75, 3.05) is 0 Å². The molecule has 0 heterocycles. The van der Waals surface area contributed by atoms with Crippen LogP contribution < -0.4 is 0 Å². The van der Waals surface area contributed by atoms with Crippen LogP contribution in [0.25, 0.3) is 0 Å². The maximum atomic E-state index is 8.36. The van der Waals surface area contributed by atoms with Crippen LogP contribution in [0.1, 0.15) is 0 Å². The summed E-state index contributed by atoms with van der Waals surface area (Å²) in [6.45, 7) is 0. The Labute approximate surface area is 109 Å². The molecule has 0 spiro atoms. The Kier molecular flexibility index (Phi) is 30.3. The Balaban J connectivity index is -0.0000000450.